The number of aliphatic carboxylic acids is 1. The standard InChI is InChI=1S/C14H16ClFO2/c15-12-8-10(13(16)14(17)18)6-7-11(12)9-4-2-1-3-5-9/h6-9,13H,1-5H2,(H,17,18). The summed E-state index contributed by atoms with van der Waals surface area (Å²) in [5.41, 5.74) is 1.14. The Kier molecular flexibility index (Phi) is 4.23. The third-order valence-electron chi connectivity index (χ3n) is 3.58. The Labute approximate surface area is 111 Å². The van der Waals surface area contributed by atoms with Crippen LogP contribution in [0.2, 0.25) is 5.02 Å². The fraction of sp³-hybridized carbons (Fsp3) is 0.500. The van der Waals surface area contributed by atoms with E-state index in [0.717, 1.165) is 18.4 Å². The van der Waals surface area contributed by atoms with Gasteiger partial charge >= 0.3 is 5.97 Å². The van der Waals surface area contributed by atoms with Crippen molar-refractivity contribution in [3.63, 3.8) is 0 Å². The number of carbonyl (C=O) groups is 1. The van der Waals surface area contributed by atoms with E-state index < -0.39 is 12.1 Å². The summed E-state index contributed by atoms with van der Waals surface area (Å²) in [6, 6.07) is 4.77. The second kappa shape index (κ2) is 5.70. The van der Waals surface area contributed by atoms with E-state index in [4.69, 9.17) is 16.7 Å². The van der Waals surface area contributed by atoms with Crippen molar-refractivity contribution in [3.8, 4) is 0 Å². The van der Waals surface area contributed by atoms with Crippen molar-refractivity contribution in [1.29, 1.82) is 0 Å². The number of rotatable bonds is 3. The maximum absolute atomic E-state index is 13.4. The highest BCUT2D eigenvalue weighted by molar-refractivity contribution is 6.31. The van der Waals surface area contributed by atoms with Gasteiger partial charge in [-0.25, -0.2) is 9.18 Å². The van der Waals surface area contributed by atoms with Gasteiger partial charge in [0, 0.05) is 5.02 Å². The molecule has 98 valence electrons. The van der Waals surface area contributed by atoms with Gasteiger partial charge in [-0.2, -0.15) is 0 Å². The maximum atomic E-state index is 13.4. The van der Waals surface area contributed by atoms with Gasteiger partial charge < -0.3 is 5.11 Å². The van der Waals surface area contributed by atoms with E-state index in [0.29, 0.717) is 10.9 Å². The van der Waals surface area contributed by atoms with E-state index in [1.54, 1.807) is 6.07 Å². The Balaban J connectivity index is 2.21. The third-order valence-corrected chi connectivity index (χ3v) is 3.91. The van der Waals surface area contributed by atoms with Gasteiger partial charge in [0.15, 0.2) is 0 Å². The summed E-state index contributed by atoms with van der Waals surface area (Å²) in [6.07, 6.45) is 3.88. The zero-order valence-corrected chi connectivity index (χ0v) is 10.8. The van der Waals surface area contributed by atoms with Crippen molar-refractivity contribution in [3.05, 3.63) is 34.3 Å². The Morgan fingerprint density at radius 2 is 2.00 bits per heavy atom. The molecule has 1 fully saturated rings. The Bertz CT molecular complexity index is 441. The van der Waals surface area contributed by atoms with Gasteiger partial charge in [-0.05, 0) is 36.0 Å². The van der Waals surface area contributed by atoms with Crippen LogP contribution in [0.15, 0.2) is 18.2 Å². The van der Waals surface area contributed by atoms with Crippen LogP contribution in [0.1, 0.15) is 55.3 Å². The topological polar surface area (TPSA) is 37.3 Å². The van der Waals surface area contributed by atoms with Crippen molar-refractivity contribution < 1.29 is 14.3 Å². The van der Waals surface area contributed by atoms with Crippen molar-refractivity contribution in [2.75, 3.05) is 0 Å². The van der Waals surface area contributed by atoms with E-state index in [2.05, 4.69) is 0 Å². The first-order valence-corrected chi connectivity index (χ1v) is 6.63. The predicted octanol–water partition coefficient (Wildman–Crippen LogP) is 4.48. The summed E-state index contributed by atoms with van der Waals surface area (Å²) in [6.45, 7) is 0. The van der Waals surface area contributed by atoms with E-state index in [-0.39, 0.29) is 5.56 Å². The second-order valence-electron chi connectivity index (χ2n) is 4.82. The third kappa shape index (κ3) is 2.83. The van der Waals surface area contributed by atoms with Crippen molar-refractivity contribution in [2.24, 2.45) is 0 Å². The van der Waals surface area contributed by atoms with Crippen LogP contribution >= 0.6 is 11.6 Å². The number of halogens is 2. The first kappa shape index (κ1) is 13.3. The molecule has 0 saturated heterocycles. The summed E-state index contributed by atoms with van der Waals surface area (Å²) in [4.78, 5) is 10.6. The van der Waals surface area contributed by atoms with Crippen LogP contribution in [0, 0.1) is 0 Å². The molecule has 1 atom stereocenters. The molecule has 18 heavy (non-hydrogen) atoms. The number of carboxylic acids is 1. The van der Waals surface area contributed by atoms with Gasteiger partial charge in [-0.15, -0.1) is 0 Å². The fourth-order valence-corrected chi connectivity index (χ4v) is 2.93. The molecule has 1 aliphatic carbocycles. The molecule has 0 aliphatic heterocycles. The molecule has 0 amide bonds. The molecule has 0 spiro atoms. The minimum Gasteiger partial charge on any atom is -0.479 e. The van der Waals surface area contributed by atoms with Gasteiger partial charge in [-0.1, -0.05) is 43.0 Å². The summed E-state index contributed by atoms with van der Waals surface area (Å²) in [5, 5.41) is 9.12. The molecule has 0 radical (unpaired) electrons. The van der Waals surface area contributed by atoms with Crippen molar-refractivity contribution in [2.45, 2.75) is 44.2 Å². The normalized spacial score (nSPS) is 18.6. The van der Waals surface area contributed by atoms with Gasteiger partial charge in [-0.3, -0.25) is 0 Å². The van der Waals surface area contributed by atoms with Gasteiger partial charge in [0.25, 0.3) is 0 Å². The lowest BCUT2D eigenvalue weighted by Gasteiger charge is -2.23. The van der Waals surface area contributed by atoms with Gasteiger partial charge in [0.1, 0.15) is 0 Å². The van der Waals surface area contributed by atoms with E-state index >= 15 is 0 Å². The van der Waals surface area contributed by atoms with Crippen LogP contribution in [0.4, 0.5) is 4.39 Å². The van der Waals surface area contributed by atoms with Crippen molar-refractivity contribution >= 4 is 17.6 Å². The molecule has 1 unspecified atom stereocenters. The maximum Gasteiger partial charge on any atom is 0.343 e. The average Bonchev–Trinajstić information content (AvgIpc) is 2.38. The predicted molar refractivity (Wildman–Crippen MR) is 68.8 cm³/mol. The summed E-state index contributed by atoms with van der Waals surface area (Å²) >= 11 is 6.15. The lowest BCUT2D eigenvalue weighted by Crippen LogP contribution is -2.08. The fourth-order valence-electron chi connectivity index (χ4n) is 2.59. The number of carboxylic acid groups (broad SMARTS) is 1. The number of alkyl halides is 1. The molecule has 2 nitrogen and oxygen atoms in total. The molecule has 1 N–H and O–H groups in total. The number of hydrogen-bond acceptors (Lipinski definition) is 1. The van der Waals surface area contributed by atoms with E-state index in [1.165, 1.54) is 31.4 Å². The quantitative estimate of drug-likeness (QED) is 0.879. The Morgan fingerprint density at radius 3 is 2.56 bits per heavy atom. The first-order valence-electron chi connectivity index (χ1n) is 6.26. The van der Waals surface area contributed by atoms with Crippen molar-refractivity contribution in [1.82, 2.24) is 0 Å². The highest BCUT2D eigenvalue weighted by Crippen LogP contribution is 2.37. The zero-order valence-electron chi connectivity index (χ0n) is 10.0. The molecule has 0 bridgehead atoms. The van der Waals surface area contributed by atoms with Crippen LogP contribution in [0.3, 0.4) is 0 Å². The average molecular weight is 271 g/mol. The molecular weight excluding hydrogens is 255 g/mol. The highest BCUT2D eigenvalue weighted by atomic mass is 35.5. The summed E-state index contributed by atoms with van der Waals surface area (Å²) in [7, 11) is 0. The molecule has 2 rings (SSSR count). The Morgan fingerprint density at radius 1 is 1.33 bits per heavy atom. The lowest BCUT2D eigenvalue weighted by molar-refractivity contribution is -0.143. The number of benzene rings is 1. The zero-order chi connectivity index (χ0) is 13.1. The summed E-state index contributed by atoms with van der Waals surface area (Å²) in [5.74, 6) is -1.04. The molecule has 1 saturated carbocycles. The molecule has 1 aliphatic rings. The number of hydrogen-bond donors (Lipinski definition) is 1. The molecule has 1 aromatic rings. The van der Waals surface area contributed by atoms with Crippen LogP contribution in [-0.2, 0) is 4.79 Å². The smallest absolute Gasteiger partial charge is 0.343 e. The minimum atomic E-state index is -2.00. The molecule has 0 aromatic heterocycles. The largest absolute Gasteiger partial charge is 0.479 e. The second-order valence-corrected chi connectivity index (χ2v) is 5.22. The lowest BCUT2D eigenvalue weighted by atomic mass is 9.83. The van der Waals surface area contributed by atoms with E-state index in [9.17, 15) is 9.18 Å². The summed E-state index contributed by atoms with van der Waals surface area (Å²) < 4.78 is 13.4. The van der Waals surface area contributed by atoms with E-state index in [1.807, 2.05) is 0 Å². The van der Waals surface area contributed by atoms with Crippen LogP contribution in [-0.4, -0.2) is 11.1 Å². The first-order chi connectivity index (χ1) is 8.59. The molecular formula is C14H16ClFO2. The molecule has 0 heterocycles. The minimum absolute atomic E-state index is 0.118. The molecule has 1 aromatic carbocycles. The Hall–Kier alpha value is -1.09. The van der Waals surface area contributed by atoms with Crippen LogP contribution < -0.4 is 0 Å². The highest BCUT2D eigenvalue weighted by Gasteiger charge is 2.22. The monoisotopic (exact) mass is 270 g/mol. The van der Waals surface area contributed by atoms with Crippen LogP contribution in [0.25, 0.3) is 0 Å². The van der Waals surface area contributed by atoms with Gasteiger partial charge in [0.2, 0.25) is 6.17 Å². The van der Waals surface area contributed by atoms with Gasteiger partial charge in [0.05, 0.1) is 0 Å². The van der Waals surface area contributed by atoms with Crippen LogP contribution in [0.5, 0.6) is 0 Å². The SMILES string of the molecule is O=C(O)C(F)c1ccc(C2CCCCC2)c(Cl)c1. The molecule has 4 heteroatoms.